The number of thioether (sulfide) groups is 2. The largest absolute Gasteiger partial charge is 0.351 e. The molecule has 1 aromatic heterocycles. The zero-order chi connectivity index (χ0) is 14.8. The van der Waals surface area contributed by atoms with Crippen LogP contribution >= 0.6 is 23.5 Å². The first kappa shape index (κ1) is 15.4. The molecule has 0 saturated heterocycles. The lowest BCUT2D eigenvalue weighted by molar-refractivity contribution is 0.0953. The molecular formula is C13H19N3O2S2. The van der Waals surface area contributed by atoms with Gasteiger partial charge in [0.05, 0.1) is 0 Å². The van der Waals surface area contributed by atoms with E-state index >= 15 is 0 Å². The summed E-state index contributed by atoms with van der Waals surface area (Å²) in [5.41, 5.74) is -0.0991. The van der Waals surface area contributed by atoms with Gasteiger partial charge in [-0.1, -0.05) is 32.5 Å². The number of nitrogens with one attached hydrogen (secondary N) is 1. The summed E-state index contributed by atoms with van der Waals surface area (Å²) < 4.78 is 1.75. The zero-order valence-electron chi connectivity index (χ0n) is 11.9. The Morgan fingerprint density at radius 1 is 1.55 bits per heavy atom. The van der Waals surface area contributed by atoms with Gasteiger partial charge in [-0.15, -0.1) is 0 Å². The van der Waals surface area contributed by atoms with Crippen molar-refractivity contribution in [2.75, 3.05) is 18.1 Å². The number of carbonyl (C=O) groups is 1. The summed E-state index contributed by atoms with van der Waals surface area (Å²) in [6, 6.07) is 0. The molecule has 0 fully saturated rings. The van der Waals surface area contributed by atoms with Gasteiger partial charge in [-0.3, -0.25) is 14.2 Å². The van der Waals surface area contributed by atoms with Gasteiger partial charge in [-0.05, 0) is 0 Å². The Morgan fingerprint density at radius 3 is 3.00 bits per heavy atom. The van der Waals surface area contributed by atoms with Crippen LogP contribution in [0.25, 0.3) is 0 Å². The number of carbonyl (C=O) groups excluding carboxylic acids is 1. The molecule has 5 nitrogen and oxygen atoms in total. The fourth-order valence-corrected chi connectivity index (χ4v) is 3.52. The van der Waals surface area contributed by atoms with E-state index in [2.05, 4.69) is 31.1 Å². The molecule has 1 amide bonds. The van der Waals surface area contributed by atoms with E-state index in [0.717, 1.165) is 11.5 Å². The van der Waals surface area contributed by atoms with Crippen LogP contribution in [-0.4, -0.2) is 38.3 Å². The van der Waals surface area contributed by atoms with Crippen LogP contribution in [0.5, 0.6) is 0 Å². The Kier molecular flexibility index (Phi) is 4.80. The molecule has 0 atom stereocenters. The van der Waals surface area contributed by atoms with Crippen LogP contribution in [0.3, 0.4) is 0 Å². The zero-order valence-corrected chi connectivity index (χ0v) is 13.6. The molecule has 1 aliphatic heterocycles. The minimum atomic E-state index is -0.329. The molecule has 0 radical (unpaired) electrons. The molecule has 110 valence electrons. The number of amides is 1. The lowest BCUT2D eigenvalue weighted by Crippen LogP contribution is -2.34. The van der Waals surface area contributed by atoms with E-state index < -0.39 is 0 Å². The van der Waals surface area contributed by atoms with Gasteiger partial charge in [0.15, 0.2) is 5.16 Å². The van der Waals surface area contributed by atoms with Crippen LogP contribution in [0.1, 0.15) is 31.1 Å². The van der Waals surface area contributed by atoms with Crippen LogP contribution in [0.4, 0.5) is 0 Å². The molecule has 2 heterocycles. The average molecular weight is 313 g/mol. The summed E-state index contributed by atoms with van der Waals surface area (Å²) >= 11 is 3.32. The van der Waals surface area contributed by atoms with Crippen molar-refractivity contribution < 1.29 is 4.79 Å². The lowest BCUT2D eigenvalue weighted by Gasteiger charge is -2.17. The second-order valence-corrected chi connectivity index (χ2v) is 8.46. The average Bonchev–Trinajstić information content (AvgIpc) is 2.83. The highest BCUT2D eigenvalue weighted by molar-refractivity contribution is 8.00. The topological polar surface area (TPSA) is 64.0 Å². The summed E-state index contributed by atoms with van der Waals surface area (Å²) in [5.74, 6) is 1.34. The first-order chi connectivity index (χ1) is 9.38. The Hall–Kier alpha value is -0.950. The van der Waals surface area contributed by atoms with Crippen molar-refractivity contribution in [3.63, 3.8) is 0 Å². The molecule has 0 spiro atoms. The third-order valence-corrected chi connectivity index (χ3v) is 4.97. The molecule has 0 unspecified atom stereocenters. The van der Waals surface area contributed by atoms with Crippen LogP contribution in [0.2, 0.25) is 0 Å². The number of aromatic nitrogens is 2. The van der Waals surface area contributed by atoms with Gasteiger partial charge in [-0.25, -0.2) is 4.98 Å². The van der Waals surface area contributed by atoms with Gasteiger partial charge in [-0.2, -0.15) is 11.8 Å². The normalized spacial score (nSPS) is 14.2. The molecule has 1 aliphatic rings. The van der Waals surface area contributed by atoms with Crippen molar-refractivity contribution in [2.24, 2.45) is 0 Å². The number of hydrogen-bond acceptors (Lipinski definition) is 5. The Balaban J connectivity index is 1.95. The van der Waals surface area contributed by atoms with Gasteiger partial charge < -0.3 is 5.32 Å². The summed E-state index contributed by atoms with van der Waals surface area (Å²) in [6.45, 7) is 7.58. The van der Waals surface area contributed by atoms with Crippen molar-refractivity contribution in [3.8, 4) is 0 Å². The van der Waals surface area contributed by atoms with Gasteiger partial charge in [0, 0.05) is 35.5 Å². The van der Waals surface area contributed by atoms with Crippen molar-refractivity contribution in [3.05, 3.63) is 22.1 Å². The smallest absolute Gasteiger partial charge is 0.267 e. The highest BCUT2D eigenvalue weighted by Crippen LogP contribution is 2.22. The van der Waals surface area contributed by atoms with Gasteiger partial charge in [0.25, 0.3) is 11.5 Å². The Morgan fingerprint density at radius 2 is 2.30 bits per heavy atom. The fourth-order valence-electron chi connectivity index (χ4n) is 1.79. The van der Waals surface area contributed by atoms with E-state index in [1.165, 1.54) is 6.20 Å². The van der Waals surface area contributed by atoms with Crippen LogP contribution < -0.4 is 10.9 Å². The molecule has 0 aliphatic carbocycles. The molecule has 1 N–H and O–H groups in total. The van der Waals surface area contributed by atoms with E-state index in [4.69, 9.17) is 0 Å². The molecule has 0 saturated carbocycles. The highest BCUT2D eigenvalue weighted by Gasteiger charge is 2.19. The number of hydrogen-bond donors (Lipinski definition) is 1. The summed E-state index contributed by atoms with van der Waals surface area (Å²) in [5, 5.41) is 3.49. The van der Waals surface area contributed by atoms with E-state index in [1.807, 2.05) is 0 Å². The molecule has 0 aromatic carbocycles. The van der Waals surface area contributed by atoms with Crippen molar-refractivity contribution >= 4 is 29.4 Å². The van der Waals surface area contributed by atoms with Gasteiger partial charge >= 0.3 is 0 Å². The maximum atomic E-state index is 12.1. The molecule has 20 heavy (non-hydrogen) atoms. The molecular weight excluding hydrogens is 294 g/mol. The third kappa shape index (κ3) is 3.79. The second-order valence-electron chi connectivity index (χ2n) is 5.48. The number of nitrogens with zero attached hydrogens (tertiary/aromatic N) is 2. The minimum Gasteiger partial charge on any atom is -0.351 e. The highest BCUT2D eigenvalue weighted by atomic mass is 32.2. The van der Waals surface area contributed by atoms with Crippen LogP contribution in [-0.2, 0) is 6.54 Å². The maximum Gasteiger partial charge on any atom is 0.267 e. The van der Waals surface area contributed by atoms with Crippen molar-refractivity contribution in [2.45, 2.75) is 37.2 Å². The first-order valence-electron chi connectivity index (χ1n) is 6.53. The second kappa shape index (κ2) is 6.22. The number of fused-ring (bicyclic) bond motifs is 1. The summed E-state index contributed by atoms with van der Waals surface area (Å²) in [6.07, 6.45) is 1.39. The van der Waals surface area contributed by atoms with E-state index in [0.29, 0.717) is 18.2 Å². The van der Waals surface area contributed by atoms with Crippen LogP contribution in [0, 0.1) is 0 Å². The first-order valence-corrected chi connectivity index (χ1v) is 8.50. The summed E-state index contributed by atoms with van der Waals surface area (Å²) in [4.78, 5) is 28.3. The van der Waals surface area contributed by atoms with E-state index in [-0.39, 0.29) is 21.8 Å². The lowest BCUT2D eigenvalue weighted by atomic mass is 10.3. The standard InChI is InChI=1S/C13H19N3O2S2/c1-13(2,3)20-6-4-14-10(17)9-8-15-12-16(11(9)18)5-7-19-12/h8H,4-7H2,1-3H3,(H,14,17). The predicted octanol–water partition coefficient (Wildman–Crippen LogP) is 1.61. The Labute approximate surface area is 126 Å². The van der Waals surface area contributed by atoms with Gasteiger partial charge in [0.2, 0.25) is 0 Å². The van der Waals surface area contributed by atoms with E-state index in [1.54, 1.807) is 28.1 Å². The molecule has 0 bridgehead atoms. The van der Waals surface area contributed by atoms with Crippen molar-refractivity contribution in [1.82, 2.24) is 14.9 Å². The molecule has 2 rings (SSSR count). The molecule has 1 aromatic rings. The maximum absolute atomic E-state index is 12.1. The quantitative estimate of drug-likeness (QED) is 0.676. The Bertz CT molecular complexity index is 564. The summed E-state index contributed by atoms with van der Waals surface area (Å²) in [7, 11) is 0. The van der Waals surface area contributed by atoms with Gasteiger partial charge in [0.1, 0.15) is 5.56 Å². The third-order valence-electron chi connectivity index (χ3n) is 2.72. The van der Waals surface area contributed by atoms with Crippen molar-refractivity contribution in [1.29, 1.82) is 0 Å². The monoisotopic (exact) mass is 313 g/mol. The SMILES string of the molecule is CC(C)(C)SCCNC(=O)c1cnc2n(c1=O)CCS2. The fraction of sp³-hybridized carbons (Fsp3) is 0.615. The number of rotatable bonds is 4. The minimum absolute atomic E-state index is 0.136. The van der Waals surface area contributed by atoms with E-state index in [9.17, 15) is 9.59 Å². The van der Waals surface area contributed by atoms with Crippen LogP contribution in [0.15, 0.2) is 16.1 Å². The molecule has 7 heteroatoms. The predicted molar refractivity (Wildman–Crippen MR) is 83.8 cm³/mol.